The molecule has 7 nitrogen and oxygen atoms in total. The van der Waals surface area contributed by atoms with Crippen molar-refractivity contribution in [1.82, 2.24) is 15.6 Å². The highest BCUT2D eigenvalue weighted by atomic mass is 32.1. The van der Waals surface area contributed by atoms with Gasteiger partial charge in [-0.1, -0.05) is 23.5 Å². The fourth-order valence-corrected chi connectivity index (χ4v) is 2.08. The third kappa shape index (κ3) is 4.14. The number of aromatic amines is 1. The quantitative estimate of drug-likeness (QED) is 0.459. The maximum Gasteiger partial charge on any atom is 0.341 e. The summed E-state index contributed by atoms with van der Waals surface area (Å²) in [6.45, 7) is 0. The molecule has 0 bridgehead atoms. The van der Waals surface area contributed by atoms with E-state index in [1.807, 2.05) is 18.2 Å². The smallest absolute Gasteiger partial charge is 0.341 e. The number of H-pyrrole nitrogens is 1. The van der Waals surface area contributed by atoms with Crippen molar-refractivity contribution in [3.05, 3.63) is 33.8 Å². The molecule has 0 saturated heterocycles. The zero-order valence-electron chi connectivity index (χ0n) is 10.4. The Hall–Kier alpha value is -2.26. The lowest BCUT2D eigenvalue weighted by atomic mass is 10.2. The van der Waals surface area contributed by atoms with Crippen molar-refractivity contribution in [2.45, 2.75) is 0 Å². The van der Waals surface area contributed by atoms with Crippen molar-refractivity contribution >= 4 is 40.9 Å². The van der Waals surface area contributed by atoms with Crippen LogP contribution >= 0.6 is 23.6 Å². The van der Waals surface area contributed by atoms with Crippen molar-refractivity contribution in [3.63, 3.8) is 0 Å². The van der Waals surface area contributed by atoms with Crippen LogP contribution in [0.3, 0.4) is 0 Å². The monoisotopic (exact) mass is 309 g/mol. The summed E-state index contributed by atoms with van der Waals surface area (Å²) in [5.74, 6) is 0.717. The lowest BCUT2D eigenvalue weighted by molar-refractivity contribution is 0.252. The number of carbonyl (C=O) groups is 1. The van der Waals surface area contributed by atoms with Crippen LogP contribution < -0.4 is 15.5 Å². The second-order valence-electron chi connectivity index (χ2n) is 3.52. The molecule has 1 aromatic carbocycles. The van der Waals surface area contributed by atoms with Gasteiger partial charge in [0, 0.05) is 0 Å². The zero-order chi connectivity index (χ0) is 14.4. The average Bonchev–Trinajstić information content (AvgIpc) is 2.84. The van der Waals surface area contributed by atoms with Crippen LogP contribution in [0.15, 0.2) is 29.4 Å². The number of hydrogen-bond acceptors (Lipinski definition) is 6. The van der Waals surface area contributed by atoms with Crippen LogP contribution in [0.25, 0.3) is 0 Å². The van der Waals surface area contributed by atoms with Gasteiger partial charge in [-0.05, 0) is 29.9 Å². The first-order valence-electron chi connectivity index (χ1n) is 5.47. The molecule has 9 heteroatoms. The molecule has 0 aliphatic carbocycles. The molecule has 20 heavy (non-hydrogen) atoms. The first kappa shape index (κ1) is 14.2. The number of hydrazone groups is 1. The Balaban J connectivity index is 1.89. The molecule has 0 fully saturated rings. The van der Waals surface area contributed by atoms with Crippen molar-refractivity contribution in [1.29, 1.82) is 0 Å². The predicted octanol–water partition coefficient (Wildman–Crippen LogP) is 2.36. The van der Waals surface area contributed by atoms with Crippen LogP contribution in [0.2, 0.25) is 0 Å². The van der Waals surface area contributed by atoms with E-state index in [0.29, 0.717) is 9.09 Å². The van der Waals surface area contributed by atoms with Crippen LogP contribution in [-0.4, -0.2) is 29.6 Å². The van der Waals surface area contributed by atoms with E-state index in [9.17, 15) is 4.79 Å². The van der Waals surface area contributed by atoms with Gasteiger partial charge in [0.25, 0.3) is 0 Å². The van der Waals surface area contributed by atoms with E-state index in [-0.39, 0.29) is 0 Å². The van der Waals surface area contributed by atoms with Crippen LogP contribution in [0, 0.1) is 3.95 Å². The Bertz CT molecular complexity index is 679. The standard InChI is InChI=1S/C11H11N5O2S2/c1-18-8-4-2-3-7(5-8)6-12-14-9(17)13-10-15-16-11(19)20-10/h2-6H,1H3,(H,16,19)(H2,13,14,15,17)/b12-6-. The third-order valence-electron chi connectivity index (χ3n) is 2.13. The minimum Gasteiger partial charge on any atom is -0.497 e. The summed E-state index contributed by atoms with van der Waals surface area (Å²) in [7, 11) is 1.58. The van der Waals surface area contributed by atoms with E-state index in [2.05, 4.69) is 26.0 Å². The molecule has 2 amide bonds. The van der Waals surface area contributed by atoms with Crippen LogP contribution in [-0.2, 0) is 0 Å². The number of ether oxygens (including phenoxy) is 1. The van der Waals surface area contributed by atoms with Crippen molar-refractivity contribution in [2.24, 2.45) is 5.10 Å². The minimum atomic E-state index is -0.498. The summed E-state index contributed by atoms with van der Waals surface area (Å²) in [5.41, 5.74) is 3.13. The van der Waals surface area contributed by atoms with E-state index in [4.69, 9.17) is 17.0 Å². The maximum absolute atomic E-state index is 11.5. The van der Waals surface area contributed by atoms with Gasteiger partial charge < -0.3 is 4.74 Å². The Morgan fingerprint density at radius 3 is 3.15 bits per heavy atom. The number of hydrogen-bond donors (Lipinski definition) is 3. The van der Waals surface area contributed by atoms with Crippen molar-refractivity contribution in [2.75, 3.05) is 12.4 Å². The highest BCUT2D eigenvalue weighted by Crippen LogP contribution is 2.11. The normalized spacial score (nSPS) is 10.4. The van der Waals surface area contributed by atoms with Gasteiger partial charge in [0.15, 0.2) is 3.95 Å². The molecule has 0 aliphatic rings. The first-order chi connectivity index (χ1) is 9.67. The van der Waals surface area contributed by atoms with Crippen LogP contribution in [0.5, 0.6) is 5.75 Å². The summed E-state index contributed by atoms with van der Waals surface area (Å²) in [6.07, 6.45) is 1.51. The molecule has 0 aliphatic heterocycles. The lowest BCUT2D eigenvalue weighted by Crippen LogP contribution is -2.24. The molecule has 1 heterocycles. The SMILES string of the molecule is COc1cccc(/C=N\NC(=O)Nc2n[nH]c(=S)s2)c1. The first-order valence-corrected chi connectivity index (χ1v) is 6.69. The van der Waals surface area contributed by atoms with Crippen LogP contribution in [0.4, 0.5) is 9.93 Å². The highest BCUT2D eigenvalue weighted by molar-refractivity contribution is 7.73. The molecule has 2 rings (SSSR count). The van der Waals surface area contributed by atoms with E-state index in [0.717, 1.165) is 22.6 Å². The summed E-state index contributed by atoms with van der Waals surface area (Å²) in [5, 5.41) is 13.0. The number of methoxy groups -OCH3 is 1. The number of rotatable bonds is 4. The Morgan fingerprint density at radius 1 is 1.60 bits per heavy atom. The molecule has 0 atom stereocenters. The Morgan fingerprint density at radius 2 is 2.45 bits per heavy atom. The number of amides is 2. The summed E-state index contributed by atoms with van der Waals surface area (Å²) < 4.78 is 5.57. The zero-order valence-corrected chi connectivity index (χ0v) is 12.0. The topological polar surface area (TPSA) is 91.4 Å². The second-order valence-corrected chi connectivity index (χ2v) is 5.18. The number of anilines is 1. The summed E-state index contributed by atoms with van der Waals surface area (Å²) >= 11 is 6.01. The molecule has 0 unspecified atom stereocenters. The molecule has 3 N–H and O–H groups in total. The molecule has 0 radical (unpaired) electrons. The molecular weight excluding hydrogens is 298 g/mol. The van der Waals surface area contributed by atoms with Crippen LogP contribution in [0.1, 0.15) is 5.56 Å². The predicted molar refractivity (Wildman–Crippen MR) is 80.0 cm³/mol. The molecular formula is C11H11N5O2S2. The van der Waals surface area contributed by atoms with Gasteiger partial charge >= 0.3 is 6.03 Å². The van der Waals surface area contributed by atoms with Crippen molar-refractivity contribution < 1.29 is 9.53 Å². The Labute approximate surface area is 123 Å². The number of nitrogens with zero attached hydrogens (tertiary/aromatic N) is 2. The summed E-state index contributed by atoms with van der Waals surface area (Å²) in [6, 6.07) is 6.79. The van der Waals surface area contributed by atoms with Gasteiger partial charge in [-0.25, -0.2) is 10.2 Å². The largest absolute Gasteiger partial charge is 0.497 e. The fraction of sp³-hybridized carbons (Fsp3) is 0.0909. The highest BCUT2D eigenvalue weighted by Gasteiger charge is 2.02. The van der Waals surface area contributed by atoms with Gasteiger partial charge in [0.2, 0.25) is 5.13 Å². The van der Waals surface area contributed by atoms with Gasteiger partial charge in [-0.2, -0.15) is 5.10 Å². The van der Waals surface area contributed by atoms with Gasteiger partial charge in [-0.3, -0.25) is 10.4 Å². The van der Waals surface area contributed by atoms with E-state index in [1.54, 1.807) is 13.2 Å². The Kier molecular flexibility index (Phi) is 4.80. The average molecular weight is 309 g/mol. The van der Waals surface area contributed by atoms with Gasteiger partial charge in [0.05, 0.1) is 13.3 Å². The number of carbonyl (C=O) groups excluding carboxylic acids is 1. The number of urea groups is 1. The lowest BCUT2D eigenvalue weighted by Gasteiger charge is -2.00. The van der Waals surface area contributed by atoms with E-state index < -0.39 is 6.03 Å². The molecule has 0 spiro atoms. The van der Waals surface area contributed by atoms with Crippen molar-refractivity contribution in [3.8, 4) is 5.75 Å². The number of aromatic nitrogens is 2. The third-order valence-corrected chi connectivity index (χ3v) is 3.14. The second kappa shape index (κ2) is 6.78. The maximum atomic E-state index is 11.5. The van der Waals surface area contributed by atoms with Gasteiger partial charge in [0.1, 0.15) is 5.75 Å². The van der Waals surface area contributed by atoms with E-state index >= 15 is 0 Å². The molecule has 0 saturated carbocycles. The van der Waals surface area contributed by atoms with Gasteiger partial charge in [-0.15, -0.1) is 5.10 Å². The summed E-state index contributed by atoms with van der Waals surface area (Å²) in [4.78, 5) is 11.5. The molecule has 1 aromatic heterocycles. The number of nitrogens with one attached hydrogen (secondary N) is 3. The molecule has 2 aromatic rings. The number of benzene rings is 1. The fourth-order valence-electron chi connectivity index (χ4n) is 1.30. The minimum absolute atomic E-state index is 0.379. The molecule has 104 valence electrons. The van der Waals surface area contributed by atoms with E-state index in [1.165, 1.54) is 6.21 Å².